The Balaban J connectivity index is 1.64. The third-order valence-corrected chi connectivity index (χ3v) is 9.64. The lowest BCUT2D eigenvalue weighted by molar-refractivity contribution is -0.149. The van der Waals surface area contributed by atoms with Crippen molar-refractivity contribution in [1.29, 1.82) is 0 Å². The fourth-order valence-corrected chi connectivity index (χ4v) is 7.57. The fraction of sp³-hybridized carbons (Fsp3) is 0.441. The second kappa shape index (κ2) is 11.9. The monoisotopic (exact) mass is 605 g/mol. The number of amides is 3. The van der Waals surface area contributed by atoms with Crippen molar-refractivity contribution >= 4 is 40.7 Å². The highest BCUT2D eigenvalue weighted by molar-refractivity contribution is 6.30. The molecule has 0 saturated carbocycles. The number of hydrogen-bond acceptors (Lipinski definition) is 5. The zero-order valence-electron chi connectivity index (χ0n) is 25.0. The lowest BCUT2D eigenvalue weighted by atomic mass is 9.66. The second-order valence-electron chi connectivity index (χ2n) is 12.3. The maximum Gasteiger partial charge on any atom is 0.253 e. The van der Waals surface area contributed by atoms with Gasteiger partial charge in [-0.05, 0) is 62.1 Å². The molecule has 3 heterocycles. The molecule has 2 aromatic carbocycles. The zero-order valence-corrected chi connectivity index (χ0v) is 25.7. The summed E-state index contributed by atoms with van der Waals surface area (Å²) in [6.45, 7) is 13.5. The highest BCUT2D eigenvalue weighted by Crippen LogP contribution is 2.64. The van der Waals surface area contributed by atoms with E-state index in [0.717, 1.165) is 0 Å². The van der Waals surface area contributed by atoms with Crippen molar-refractivity contribution in [3.8, 4) is 0 Å². The summed E-state index contributed by atoms with van der Waals surface area (Å²) >= 11 is 6.15. The molecule has 2 unspecified atom stereocenters. The minimum absolute atomic E-state index is 0.161. The van der Waals surface area contributed by atoms with Gasteiger partial charge in [0.05, 0.1) is 30.1 Å². The molecule has 3 fully saturated rings. The van der Waals surface area contributed by atoms with Crippen molar-refractivity contribution in [2.45, 2.75) is 56.9 Å². The van der Waals surface area contributed by atoms with Gasteiger partial charge in [0.1, 0.15) is 11.6 Å². The molecule has 2 aromatic rings. The molecular weight excluding hydrogens is 566 g/mol. The van der Waals surface area contributed by atoms with Gasteiger partial charge in [-0.3, -0.25) is 14.4 Å². The van der Waals surface area contributed by atoms with Crippen molar-refractivity contribution in [2.24, 2.45) is 17.8 Å². The lowest BCUT2D eigenvalue weighted by Gasteiger charge is -2.40. The third-order valence-electron chi connectivity index (χ3n) is 9.39. The van der Waals surface area contributed by atoms with Crippen LogP contribution in [0.25, 0.3) is 0 Å². The van der Waals surface area contributed by atoms with Gasteiger partial charge in [0, 0.05) is 29.5 Å². The first-order valence-electron chi connectivity index (χ1n) is 14.8. The SMILES string of the molecule is C=CCN(C(=O)C1N([C@@H](CO)C(C)C)C(=O)[C@@H]2[C@@H](C(=O)N(CC=C)c3ccccc3)[C@@]3(C)CCC12O3)c1ccc(Cl)cc1. The van der Waals surface area contributed by atoms with Crippen LogP contribution in [0.1, 0.15) is 33.6 Å². The second-order valence-corrected chi connectivity index (χ2v) is 12.7. The average molecular weight is 606 g/mol. The van der Waals surface area contributed by atoms with Crippen molar-refractivity contribution in [2.75, 3.05) is 29.5 Å². The summed E-state index contributed by atoms with van der Waals surface area (Å²) in [5.74, 6) is -2.81. The topological polar surface area (TPSA) is 90.4 Å². The summed E-state index contributed by atoms with van der Waals surface area (Å²) in [5, 5.41) is 11.1. The Hall–Kier alpha value is -3.46. The Morgan fingerprint density at radius 2 is 1.60 bits per heavy atom. The third kappa shape index (κ3) is 4.99. The number of fused-ring (bicyclic) bond motifs is 1. The van der Waals surface area contributed by atoms with Crippen molar-refractivity contribution in [3.05, 3.63) is 84.9 Å². The Bertz CT molecular complexity index is 1400. The van der Waals surface area contributed by atoms with E-state index in [1.165, 1.54) is 4.90 Å². The highest BCUT2D eigenvalue weighted by atomic mass is 35.5. The standard InChI is InChI=1S/C34H40ClN3O5/c1-6-19-36(24-11-9-8-10-12-24)30(40)27-28-31(41)38(26(21-39)22(3)4)29(34(28)18-17-33(27,5)43-34)32(42)37(20-7-2)25-15-13-23(35)14-16-25/h6-16,22,26-29,39H,1-2,17-21H2,3-5H3/t26-,27-,28-,29?,33+,34?/m0/s1. The number of nitrogens with zero attached hydrogens (tertiary/aromatic N) is 3. The largest absolute Gasteiger partial charge is 0.394 e. The number of carbonyl (C=O) groups is 3. The number of aliphatic hydroxyl groups excluding tert-OH is 1. The first kappa shape index (κ1) is 31.0. The number of rotatable bonds is 11. The van der Waals surface area contributed by atoms with Crippen molar-refractivity contribution in [1.82, 2.24) is 4.90 Å². The summed E-state index contributed by atoms with van der Waals surface area (Å²) in [5.41, 5.74) is -0.905. The highest BCUT2D eigenvalue weighted by Gasteiger charge is 2.79. The molecule has 8 nitrogen and oxygen atoms in total. The van der Waals surface area contributed by atoms with E-state index in [4.69, 9.17) is 16.3 Å². The van der Waals surface area contributed by atoms with Gasteiger partial charge in [0.15, 0.2) is 0 Å². The van der Waals surface area contributed by atoms with E-state index in [1.807, 2.05) is 51.1 Å². The predicted molar refractivity (Wildman–Crippen MR) is 168 cm³/mol. The molecule has 0 radical (unpaired) electrons. The lowest BCUT2D eigenvalue weighted by Crippen LogP contribution is -2.60. The van der Waals surface area contributed by atoms with Crippen LogP contribution in [0.15, 0.2) is 79.9 Å². The van der Waals surface area contributed by atoms with E-state index in [-0.39, 0.29) is 43.3 Å². The molecule has 3 saturated heterocycles. The van der Waals surface area contributed by atoms with Gasteiger partial charge in [0.25, 0.3) is 5.91 Å². The summed E-state index contributed by atoms with van der Waals surface area (Å²) < 4.78 is 6.85. The molecule has 3 aliphatic rings. The summed E-state index contributed by atoms with van der Waals surface area (Å²) in [6, 6.07) is 14.5. The molecule has 228 valence electrons. The number of aliphatic hydroxyl groups is 1. The number of likely N-dealkylation sites (tertiary alicyclic amines) is 1. The van der Waals surface area contributed by atoms with Crippen LogP contribution in [0.4, 0.5) is 11.4 Å². The first-order chi connectivity index (χ1) is 20.5. The smallest absolute Gasteiger partial charge is 0.253 e. The molecule has 0 aromatic heterocycles. The summed E-state index contributed by atoms with van der Waals surface area (Å²) in [7, 11) is 0. The first-order valence-corrected chi connectivity index (χ1v) is 15.2. The van der Waals surface area contributed by atoms with E-state index in [0.29, 0.717) is 29.2 Å². The molecule has 0 aliphatic carbocycles. The van der Waals surface area contributed by atoms with Gasteiger partial charge in [-0.1, -0.05) is 55.8 Å². The number of carbonyl (C=O) groups excluding carboxylic acids is 3. The van der Waals surface area contributed by atoms with E-state index < -0.39 is 35.1 Å². The molecule has 5 rings (SSSR count). The van der Waals surface area contributed by atoms with Gasteiger partial charge in [0.2, 0.25) is 11.8 Å². The zero-order chi connectivity index (χ0) is 31.1. The van der Waals surface area contributed by atoms with Gasteiger partial charge in [-0.15, -0.1) is 13.2 Å². The number of anilines is 2. The maximum atomic E-state index is 14.8. The van der Waals surface area contributed by atoms with Gasteiger partial charge < -0.3 is 24.5 Å². The molecule has 1 N–H and O–H groups in total. The van der Waals surface area contributed by atoms with Crippen LogP contribution in [0.5, 0.6) is 0 Å². The van der Waals surface area contributed by atoms with Crippen LogP contribution in [0.3, 0.4) is 0 Å². The summed E-state index contributed by atoms with van der Waals surface area (Å²) in [4.78, 5) is 48.7. The summed E-state index contributed by atoms with van der Waals surface area (Å²) in [6.07, 6.45) is 4.23. The van der Waals surface area contributed by atoms with Crippen LogP contribution < -0.4 is 9.80 Å². The number of ether oxygens (including phenoxy) is 1. The van der Waals surface area contributed by atoms with E-state index in [2.05, 4.69) is 13.2 Å². The Morgan fingerprint density at radius 1 is 1.02 bits per heavy atom. The van der Waals surface area contributed by atoms with Crippen LogP contribution in [0, 0.1) is 17.8 Å². The normalized spacial score (nSPS) is 28.1. The number of benzene rings is 2. The number of para-hydroxylation sites is 1. The van der Waals surface area contributed by atoms with Crippen LogP contribution in [-0.2, 0) is 19.1 Å². The number of hydrogen-bond donors (Lipinski definition) is 1. The molecule has 3 aliphatic heterocycles. The van der Waals surface area contributed by atoms with Gasteiger partial charge in [-0.25, -0.2) is 0 Å². The van der Waals surface area contributed by atoms with E-state index in [1.54, 1.807) is 46.2 Å². The average Bonchev–Trinajstić information content (AvgIpc) is 3.56. The Labute approximate surface area is 258 Å². The fourth-order valence-electron chi connectivity index (χ4n) is 7.44. The molecule has 1 spiro atoms. The minimum Gasteiger partial charge on any atom is -0.394 e. The molecule has 43 heavy (non-hydrogen) atoms. The van der Waals surface area contributed by atoms with Crippen molar-refractivity contribution in [3.63, 3.8) is 0 Å². The molecule has 2 bridgehead atoms. The van der Waals surface area contributed by atoms with E-state index >= 15 is 0 Å². The van der Waals surface area contributed by atoms with Crippen LogP contribution in [-0.4, -0.2) is 70.7 Å². The molecule has 6 atom stereocenters. The van der Waals surface area contributed by atoms with E-state index in [9.17, 15) is 19.5 Å². The minimum atomic E-state index is -1.24. The quantitative estimate of drug-likeness (QED) is 0.370. The Morgan fingerprint density at radius 3 is 2.16 bits per heavy atom. The van der Waals surface area contributed by atoms with Gasteiger partial charge in [-0.2, -0.15) is 0 Å². The molecular formula is C34H40ClN3O5. The van der Waals surface area contributed by atoms with Gasteiger partial charge >= 0.3 is 0 Å². The molecule has 3 amide bonds. The van der Waals surface area contributed by atoms with Crippen molar-refractivity contribution < 1.29 is 24.2 Å². The van der Waals surface area contributed by atoms with Crippen LogP contribution >= 0.6 is 11.6 Å². The Kier molecular flexibility index (Phi) is 8.58. The number of halogens is 1. The maximum absolute atomic E-state index is 14.8. The molecule has 9 heteroatoms. The predicted octanol–water partition coefficient (Wildman–Crippen LogP) is 4.86. The van der Waals surface area contributed by atoms with Crippen LogP contribution in [0.2, 0.25) is 5.02 Å².